The Bertz CT molecular complexity index is 1340. The molecule has 0 N–H and O–H groups in total. The van der Waals surface area contributed by atoms with Gasteiger partial charge in [-0.25, -0.2) is 19.0 Å². The largest absolute Gasteiger partial charge is 0.497 e. The molecule has 0 fully saturated rings. The molecule has 154 valence electrons. The van der Waals surface area contributed by atoms with Gasteiger partial charge in [-0.05, 0) is 29.8 Å². The number of hydrogen-bond acceptors (Lipinski definition) is 6. The number of hydrogen-bond donors (Lipinski definition) is 0. The molecule has 6 rings (SSSR count). The highest BCUT2D eigenvalue weighted by atomic mass is 19.1. The van der Waals surface area contributed by atoms with Crippen LogP contribution in [0.3, 0.4) is 0 Å². The third-order valence-corrected chi connectivity index (χ3v) is 5.58. The predicted molar refractivity (Wildman–Crippen MR) is 109 cm³/mol. The minimum absolute atomic E-state index is 0.293. The maximum absolute atomic E-state index is 13.6. The van der Waals surface area contributed by atoms with Crippen molar-refractivity contribution in [2.75, 3.05) is 13.7 Å². The van der Waals surface area contributed by atoms with E-state index in [9.17, 15) is 4.39 Å². The van der Waals surface area contributed by atoms with Crippen LogP contribution in [0.4, 0.5) is 4.39 Å². The zero-order valence-corrected chi connectivity index (χ0v) is 16.6. The van der Waals surface area contributed by atoms with Crippen molar-refractivity contribution in [2.24, 2.45) is 4.99 Å². The second-order valence-electron chi connectivity index (χ2n) is 7.39. The van der Waals surface area contributed by atoms with Crippen LogP contribution >= 0.6 is 0 Å². The van der Waals surface area contributed by atoms with Gasteiger partial charge in [-0.1, -0.05) is 17.3 Å². The molecule has 0 saturated heterocycles. The number of benzene rings is 2. The molecular formula is C22H17FN6O2. The van der Waals surface area contributed by atoms with Gasteiger partial charge in [0.15, 0.2) is 0 Å². The van der Waals surface area contributed by atoms with Crippen LogP contribution in [0.1, 0.15) is 28.7 Å². The Balaban J connectivity index is 1.42. The number of halogens is 1. The second-order valence-corrected chi connectivity index (χ2v) is 7.39. The molecule has 0 radical (unpaired) electrons. The maximum Gasteiger partial charge on any atom is 0.238 e. The van der Waals surface area contributed by atoms with Crippen molar-refractivity contribution in [3.63, 3.8) is 0 Å². The quantitative estimate of drug-likeness (QED) is 0.452. The highest BCUT2D eigenvalue weighted by molar-refractivity contribution is 5.95. The van der Waals surface area contributed by atoms with Gasteiger partial charge in [0.25, 0.3) is 0 Å². The molecule has 8 nitrogen and oxygen atoms in total. The number of fused-ring (bicyclic) bond motifs is 5. The Morgan fingerprint density at radius 3 is 2.97 bits per heavy atom. The summed E-state index contributed by atoms with van der Waals surface area (Å²) >= 11 is 0. The van der Waals surface area contributed by atoms with Crippen molar-refractivity contribution in [3.05, 3.63) is 83.5 Å². The summed E-state index contributed by atoms with van der Waals surface area (Å²) in [4.78, 5) is 9.19. The lowest BCUT2D eigenvalue weighted by molar-refractivity contribution is 0.229. The first-order chi connectivity index (χ1) is 15.2. The first-order valence-electron chi connectivity index (χ1n) is 9.83. The molecule has 4 heterocycles. The summed E-state index contributed by atoms with van der Waals surface area (Å²) in [6.45, 7) is 0.415. The van der Waals surface area contributed by atoms with Crippen molar-refractivity contribution < 1.29 is 13.9 Å². The van der Waals surface area contributed by atoms with Gasteiger partial charge >= 0.3 is 0 Å². The third-order valence-electron chi connectivity index (χ3n) is 5.58. The van der Waals surface area contributed by atoms with E-state index in [1.54, 1.807) is 25.7 Å². The topological polar surface area (TPSA) is 79.3 Å². The molecule has 9 heteroatoms. The summed E-state index contributed by atoms with van der Waals surface area (Å²) in [5.74, 6) is 0.891. The third kappa shape index (κ3) is 2.81. The van der Waals surface area contributed by atoms with Gasteiger partial charge in [-0.15, -0.1) is 5.10 Å². The number of rotatable bonds is 3. The fraction of sp³-hybridized carbons (Fsp3) is 0.182. The standard InChI is InChI=1S/C22H17FN6O2/c1-30-16-5-6-17-18(9-16)29-15(10-26-27-29)8-19-21(25-12-28(17)19)22-24-11-20(31-22)13-3-2-4-14(23)7-13/h2-7,9-10,12,20H,8,11H2,1H3/t20-/m0/s1. The summed E-state index contributed by atoms with van der Waals surface area (Å²) < 4.78 is 28.9. The van der Waals surface area contributed by atoms with E-state index in [0.29, 0.717) is 24.6 Å². The molecule has 1 atom stereocenters. The van der Waals surface area contributed by atoms with E-state index in [4.69, 9.17) is 9.47 Å². The lowest BCUT2D eigenvalue weighted by atomic mass is 10.1. The van der Waals surface area contributed by atoms with Gasteiger partial charge in [0, 0.05) is 12.5 Å². The molecule has 0 unspecified atom stereocenters. The van der Waals surface area contributed by atoms with Gasteiger partial charge in [0.05, 0.1) is 42.6 Å². The number of nitrogens with zero attached hydrogens (tertiary/aromatic N) is 6. The number of ether oxygens (including phenoxy) is 2. The van der Waals surface area contributed by atoms with E-state index in [1.165, 1.54) is 12.1 Å². The summed E-state index contributed by atoms with van der Waals surface area (Å²) in [6.07, 6.45) is 3.71. The highest BCUT2D eigenvalue weighted by Gasteiger charge is 2.30. The average Bonchev–Trinajstić information content (AvgIpc) is 3.52. The Morgan fingerprint density at radius 2 is 2.10 bits per heavy atom. The van der Waals surface area contributed by atoms with Crippen molar-refractivity contribution in [3.8, 4) is 17.1 Å². The van der Waals surface area contributed by atoms with Crippen LogP contribution in [0, 0.1) is 5.82 Å². The number of aromatic nitrogens is 5. The summed E-state index contributed by atoms with van der Waals surface area (Å²) in [5, 5.41) is 8.35. The molecule has 2 aliphatic rings. The van der Waals surface area contributed by atoms with Crippen LogP contribution in [0.2, 0.25) is 0 Å². The molecule has 0 saturated carbocycles. The lowest BCUT2D eigenvalue weighted by Crippen LogP contribution is -2.10. The van der Waals surface area contributed by atoms with Crippen LogP contribution in [0.5, 0.6) is 5.75 Å². The van der Waals surface area contributed by atoms with Gasteiger partial charge < -0.3 is 9.47 Å². The lowest BCUT2D eigenvalue weighted by Gasteiger charge is -2.12. The van der Waals surface area contributed by atoms with E-state index in [0.717, 1.165) is 34.1 Å². The molecule has 2 aromatic carbocycles. The van der Waals surface area contributed by atoms with Crippen molar-refractivity contribution >= 4 is 5.90 Å². The summed E-state index contributed by atoms with van der Waals surface area (Å²) in [7, 11) is 1.63. The zero-order valence-electron chi connectivity index (χ0n) is 16.6. The predicted octanol–water partition coefficient (Wildman–Crippen LogP) is 3.02. The van der Waals surface area contributed by atoms with E-state index < -0.39 is 0 Å². The van der Waals surface area contributed by atoms with Gasteiger partial charge in [0.2, 0.25) is 5.90 Å². The molecule has 0 aliphatic carbocycles. The van der Waals surface area contributed by atoms with E-state index >= 15 is 0 Å². The monoisotopic (exact) mass is 416 g/mol. The molecule has 2 aliphatic heterocycles. The first-order valence-corrected chi connectivity index (χ1v) is 9.83. The minimum Gasteiger partial charge on any atom is -0.497 e. The van der Waals surface area contributed by atoms with Crippen LogP contribution in [-0.4, -0.2) is 44.1 Å². The van der Waals surface area contributed by atoms with Crippen molar-refractivity contribution in [1.29, 1.82) is 0 Å². The number of imidazole rings is 1. The maximum atomic E-state index is 13.6. The van der Waals surface area contributed by atoms with E-state index in [2.05, 4.69) is 20.3 Å². The van der Waals surface area contributed by atoms with Crippen molar-refractivity contribution in [1.82, 2.24) is 24.5 Å². The Morgan fingerprint density at radius 1 is 1.16 bits per heavy atom. The highest BCUT2D eigenvalue weighted by Crippen LogP contribution is 2.33. The molecule has 2 aromatic heterocycles. The second kappa shape index (κ2) is 6.76. The van der Waals surface area contributed by atoms with Crippen LogP contribution in [0.15, 0.2) is 60.0 Å². The summed E-state index contributed by atoms with van der Waals surface area (Å²) in [5.41, 5.74) is 5.00. The van der Waals surface area contributed by atoms with Gasteiger partial charge in [-0.3, -0.25) is 4.57 Å². The first kappa shape index (κ1) is 17.8. The summed E-state index contributed by atoms with van der Waals surface area (Å²) in [6, 6.07) is 12.2. The minimum atomic E-state index is -0.336. The Kier molecular flexibility index (Phi) is 3.89. The fourth-order valence-electron chi connectivity index (χ4n) is 4.07. The van der Waals surface area contributed by atoms with Crippen LogP contribution < -0.4 is 4.74 Å². The number of aliphatic imine (C=N–C) groups is 1. The number of methoxy groups -OCH3 is 1. The van der Waals surface area contributed by atoms with Gasteiger partial charge in [-0.2, -0.15) is 0 Å². The molecule has 31 heavy (non-hydrogen) atoms. The average molecular weight is 416 g/mol. The Labute approximate surface area is 176 Å². The zero-order chi connectivity index (χ0) is 20.9. The molecule has 0 spiro atoms. The van der Waals surface area contributed by atoms with E-state index in [-0.39, 0.29) is 11.9 Å². The normalized spacial score (nSPS) is 16.6. The Hall–Kier alpha value is -4.01. The smallest absolute Gasteiger partial charge is 0.238 e. The van der Waals surface area contributed by atoms with Gasteiger partial charge in [0.1, 0.15) is 29.7 Å². The van der Waals surface area contributed by atoms with E-state index in [1.807, 2.05) is 33.5 Å². The van der Waals surface area contributed by atoms with Crippen molar-refractivity contribution in [2.45, 2.75) is 12.5 Å². The molecule has 4 aromatic rings. The fourth-order valence-corrected chi connectivity index (χ4v) is 4.07. The SMILES string of the molecule is COc1ccc2c(c1)-n1nncc1Cc1c(C3=NC[C@@H](c4cccc(F)c4)O3)ncn1-2. The molecule has 0 amide bonds. The molecule has 0 bridgehead atoms. The van der Waals surface area contributed by atoms with Crippen LogP contribution in [0.25, 0.3) is 11.4 Å². The van der Waals surface area contributed by atoms with Crippen LogP contribution in [-0.2, 0) is 11.2 Å². The molecular weight excluding hydrogens is 399 g/mol.